The molecular weight excluding hydrogens is 470 g/mol. The summed E-state index contributed by atoms with van der Waals surface area (Å²) >= 11 is 9.50. The van der Waals surface area contributed by atoms with E-state index in [0.29, 0.717) is 34.0 Å². The van der Waals surface area contributed by atoms with Gasteiger partial charge < -0.3 is 14.2 Å². The number of aromatic carboxylic acids is 1. The van der Waals surface area contributed by atoms with E-state index >= 15 is 0 Å². The smallest absolute Gasteiger partial charge is 0.354 e. The standard InChI is InChI=1S/C22H23BrClN3O3/c1-4-9-27-19(21(29)30)18(25-22(27)23)17(15-5-7-16(24)8-6-15)11-14-10-13(2)20(28)26(3)12-14/h5-8,10,12,17H,4,9,11H2,1-3H3,(H,29,30). The van der Waals surface area contributed by atoms with Gasteiger partial charge in [0.1, 0.15) is 0 Å². The molecule has 1 unspecified atom stereocenters. The fraction of sp³-hybridized carbons (Fsp3) is 0.318. The molecule has 0 bridgehead atoms. The Morgan fingerprint density at radius 2 is 1.97 bits per heavy atom. The normalized spacial score (nSPS) is 12.2. The van der Waals surface area contributed by atoms with Gasteiger partial charge in [-0.05, 0) is 65.0 Å². The number of carbonyl (C=O) groups is 1. The predicted molar refractivity (Wildman–Crippen MR) is 121 cm³/mol. The Kier molecular flexibility index (Phi) is 6.83. The molecule has 0 fully saturated rings. The van der Waals surface area contributed by atoms with Crippen LogP contribution in [0.4, 0.5) is 0 Å². The lowest BCUT2D eigenvalue weighted by atomic mass is 9.88. The number of carboxylic acids is 1. The summed E-state index contributed by atoms with van der Waals surface area (Å²) in [5.41, 5.74) is 3.07. The van der Waals surface area contributed by atoms with Gasteiger partial charge in [-0.1, -0.05) is 30.7 Å². The van der Waals surface area contributed by atoms with Crippen molar-refractivity contribution in [3.05, 3.63) is 84.7 Å². The molecule has 8 heteroatoms. The van der Waals surface area contributed by atoms with E-state index in [1.807, 2.05) is 25.1 Å². The molecule has 1 aromatic carbocycles. The van der Waals surface area contributed by atoms with Crippen molar-refractivity contribution in [3.8, 4) is 0 Å². The van der Waals surface area contributed by atoms with E-state index in [2.05, 4.69) is 20.9 Å². The second-order valence-corrected chi connectivity index (χ2v) is 8.47. The molecule has 6 nitrogen and oxygen atoms in total. The number of rotatable bonds is 7. The summed E-state index contributed by atoms with van der Waals surface area (Å²) in [5, 5.41) is 10.6. The third-order valence-corrected chi connectivity index (χ3v) is 5.92. The van der Waals surface area contributed by atoms with Crippen LogP contribution in [0.5, 0.6) is 0 Å². The van der Waals surface area contributed by atoms with E-state index in [-0.39, 0.29) is 17.2 Å². The Bertz CT molecular complexity index is 1110. The molecule has 1 N–H and O–H groups in total. The molecule has 0 spiro atoms. The Labute approximate surface area is 188 Å². The third-order valence-electron chi connectivity index (χ3n) is 5.06. The number of imidazole rings is 1. The van der Waals surface area contributed by atoms with E-state index in [9.17, 15) is 14.7 Å². The van der Waals surface area contributed by atoms with Crippen LogP contribution in [-0.2, 0) is 20.0 Å². The number of carboxylic acid groups (broad SMARTS) is 1. The number of nitrogens with zero attached hydrogens (tertiary/aromatic N) is 3. The van der Waals surface area contributed by atoms with Crippen LogP contribution in [0, 0.1) is 6.92 Å². The summed E-state index contributed by atoms with van der Waals surface area (Å²) in [6, 6.07) is 9.20. The van der Waals surface area contributed by atoms with E-state index < -0.39 is 5.97 Å². The van der Waals surface area contributed by atoms with Gasteiger partial charge in [-0.3, -0.25) is 4.79 Å². The first kappa shape index (κ1) is 22.3. The van der Waals surface area contributed by atoms with Crippen molar-refractivity contribution in [2.75, 3.05) is 0 Å². The molecule has 0 amide bonds. The molecule has 158 valence electrons. The highest BCUT2D eigenvalue weighted by atomic mass is 79.9. The number of benzene rings is 1. The molecule has 3 rings (SSSR count). The van der Waals surface area contributed by atoms with Crippen LogP contribution in [0.25, 0.3) is 0 Å². The van der Waals surface area contributed by atoms with Crippen molar-refractivity contribution in [3.63, 3.8) is 0 Å². The fourth-order valence-electron chi connectivity index (χ4n) is 3.72. The second kappa shape index (κ2) is 9.18. The Morgan fingerprint density at radius 1 is 1.30 bits per heavy atom. The van der Waals surface area contributed by atoms with Crippen molar-refractivity contribution in [1.82, 2.24) is 14.1 Å². The summed E-state index contributed by atoms with van der Waals surface area (Å²) < 4.78 is 3.73. The lowest BCUT2D eigenvalue weighted by Gasteiger charge is -2.18. The van der Waals surface area contributed by atoms with E-state index in [0.717, 1.165) is 17.5 Å². The first-order valence-electron chi connectivity index (χ1n) is 9.63. The lowest BCUT2D eigenvalue weighted by Crippen LogP contribution is -2.20. The van der Waals surface area contributed by atoms with Crippen molar-refractivity contribution < 1.29 is 9.90 Å². The number of pyridine rings is 1. The zero-order valence-corrected chi connectivity index (χ0v) is 19.4. The molecule has 2 heterocycles. The van der Waals surface area contributed by atoms with Gasteiger partial charge in [0.2, 0.25) is 0 Å². The van der Waals surface area contributed by atoms with Crippen molar-refractivity contribution in [2.24, 2.45) is 7.05 Å². The lowest BCUT2D eigenvalue weighted by molar-refractivity contribution is 0.0683. The van der Waals surface area contributed by atoms with Crippen molar-refractivity contribution in [2.45, 2.75) is 39.2 Å². The van der Waals surface area contributed by atoms with E-state index in [1.54, 1.807) is 41.4 Å². The minimum Gasteiger partial charge on any atom is -0.477 e. The summed E-state index contributed by atoms with van der Waals surface area (Å²) in [5.74, 6) is -1.34. The first-order valence-corrected chi connectivity index (χ1v) is 10.8. The van der Waals surface area contributed by atoms with Crippen LogP contribution < -0.4 is 5.56 Å². The molecule has 0 aliphatic heterocycles. The van der Waals surface area contributed by atoms with Crippen molar-refractivity contribution >= 4 is 33.5 Å². The highest BCUT2D eigenvalue weighted by Crippen LogP contribution is 2.33. The average molecular weight is 493 g/mol. The monoisotopic (exact) mass is 491 g/mol. The van der Waals surface area contributed by atoms with Crippen LogP contribution >= 0.6 is 27.5 Å². The molecule has 0 saturated heterocycles. The van der Waals surface area contributed by atoms with Gasteiger partial charge in [-0.2, -0.15) is 0 Å². The largest absolute Gasteiger partial charge is 0.477 e. The number of hydrogen-bond acceptors (Lipinski definition) is 3. The molecule has 30 heavy (non-hydrogen) atoms. The summed E-state index contributed by atoms with van der Waals surface area (Å²) in [6.45, 7) is 4.31. The maximum absolute atomic E-state index is 12.2. The minimum atomic E-state index is -1.02. The number of aromatic nitrogens is 3. The Morgan fingerprint density at radius 3 is 2.53 bits per heavy atom. The highest BCUT2D eigenvalue weighted by molar-refractivity contribution is 9.10. The Balaban J connectivity index is 2.18. The molecule has 0 aliphatic carbocycles. The zero-order valence-electron chi connectivity index (χ0n) is 17.0. The molecule has 0 saturated carbocycles. The van der Waals surface area contributed by atoms with Crippen LogP contribution in [0.1, 0.15) is 52.1 Å². The van der Waals surface area contributed by atoms with Gasteiger partial charge in [0.25, 0.3) is 5.56 Å². The van der Waals surface area contributed by atoms with Crippen LogP contribution in [0.15, 0.2) is 46.1 Å². The minimum absolute atomic E-state index is 0.0528. The van der Waals surface area contributed by atoms with E-state index in [1.165, 1.54) is 0 Å². The predicted octanol–water partition coefficient (Wildman–Crippen LogP) is 4.79. The second-order valence-electron chi connectivity index (χ2n) is 7.33. The topological polar surface area (TPSA) is 77.1 Å². The SMILES string of the molecule is CCCn1c(Br)nc(C(Cc2cc(C)c(=O)n(C)c2)c2ccc(Cl)cc2)c1C(=O)O. The van der Waals surface area contributed by atoms with Gasteiger partial charge in [0, 0.05) is 36.3 Å². The molecular formula is C22H23BrClN3O3. The Hall–Kier alpha value is -2.38. The molecule has 3 aromatic rings. The highest BCUT2D eigenvalue weighted by Gasteiger charge is 2.29. The van der Waals surface area contributed by atoms with Crippen LogP contribution in [-0.4, -0.2) is 25.2 Å². The van der Waals surface area contributed by atoms with Gasteiger partial charge >= 0.3 is 5.97 Å². The maximum Gasteiger partial charge on any atom is 0.354 e. The molecule has 1 atom stereocenters. The van der Waals surface area contributed by atoms with Gasteiger partial charge in [-0.15, -0.1) is 0 Å². The number of aryl methyl sites for hydroxylation is 2. The van der Waals surface area contributed by atoms with Gasteiger partial charge in [-0.25, -0.2) is 9.78 Å². The number of hydrogen-bond donors (Lipinski definition) is 1. The summed E-state index contributed by atoms with van der Waals surface area (Å²) in [4.78, 5) is 28.9. The summed E-state index contributed by atoms with van der Waals surface area (Å²) in [7, 11) is 1.71. The van der Waals surface area contributed by atoms with Gasteiger partial charge in [0.15, 0.2) is 10.4 Å². The van der Waals surface area contributed by atoms with Gasteiger partial charge in [0.05, 0.1) is 5.69 Å². The van der Waals surface area contributed by atoms with Crippen molar-refractivity contribution in [1.29, 1.82) is 0 Å². The quantitative estimate of drug-likeness (QED) is 0.514. The van der Waals surface area contributed by atoms with Crippen LogP contribution in [0.2, 0.25) is 5.02 Å². The number of halogens is 2. The zero-order chi connectivity index (χ0) is 22.0. The summed E-state index contributed by atoms with van der Waals surface area (Å²) in [6.07, 6.45) is 3.06. The van der Waals surface area contributed by atoms with Crippen LogP contribution in [0.3, 0.4) is 0 Å². The fourth-order valence-corrected chi connectivity index (χ4v) is 4.39. The average Bonchev–Trinajstić information content (AvgIpc) is 3.01. The molecule has 2 aromatic heterocycles. The third kappa shape index (κ3) is 4.52. The van der Waals surface area contributed by atoms with E-state index in [4.69, 9.17) is 11.6 Å². The maximum atomic E-state index is 12.2. The molecule has 0 aliphatic rings. The molecule has 0 radical (unpaired) electrons. The first-order chi connectivity index (χ1) is 14.2.